The molecule has 1 unspecified atom stereocenters. The van der Waals surface area contributed by atoms with Gasteiger partial charge < -0.3 is 15.0 Å². The molecule has 2 amide bonds. The minimum absolute atomic E-state index is 0.0442. The van der Waals surface area contributed by atoms with Crippen LogP contribution in [0.1, 0.15) is 62.1 Å². The number of hydrogen-bond acceptors (Lipinski definition) is 3. The van der Waals surface area contributed by atoms with Crippen LogP contribution in [0.3, 0.4) is 0 Å². The van der Waals surface area contributed by atoms with E-state index in [4.69, 9.17) is 4.74 Å². The fourth-order valence-electron chi connectivity index (χ4n) is 4.68. The predicted molar refractivity (Wildman–Crippen MR) is 132 cm³/mol. The van der Waals surface area contributed by atoms with Gasteiger partial charge in [0.25, 0.3) is 5.91 Å². The van der Waals surface area contributed by atoms with Crippen molar-refractivity contribution in [3.8, 4) is 5.75 Å². The third kappa shape index (κ3) is 7.62. The second-order valence-electron chi connectivity index (χ2n) is 9.20. The number of ether oxygens (including phenoxy) is 1. The van der Waals surface area contributed by atoms with Crippen molar-refractivity contribution in [2.75, 3.05) is 13.2 Å². The number of amides is 2. The van der Waals surface area contributed by atoms with Gasteiger partial charge >= 0.3 is 0 Å². The van der Waals surface area contributed by atoms with Gasteiger partial charge in [-0.25, -0.2) is 0 Å². The van der Waals surface area contributed by atoms with Gasteiger partial charge in [0.15, 0.2) is 6.61 Å². The van der Waals surface area contributed by atoms with E-state index in [2.05, 4.69) is 23.5 Å². The van der Waals surface area contributed by atoms with Crippen LogP contribution in [-0.2, 0) is 16.0 Å². The summed E-state index contributed by atoms with van der Waals surface area (Å²) in [6.07, 6.45) is 6.86. The number of carbonyl (C=O) groups is 2. The van der Waals surface area contributed by atoms with E-state index in [1.807, 2.05) is 51.1 Å². The summed E-state index contributed by atoms with van der Waals surface area (Å²) in [7, 11) is 0. The first-order valence-corrected chi connectivity index (χ1v) is 12.3. The van der Waals surface area contributed by atoms with Gasteiger partial charge in [-0.15, -0.1) is 0 Å². The zero-order valence-corrected chi connectivity index (χ0v) is 20.3. The van der Waals surface area contributed by atoms with Crippen LogP contribution in [0.4, 0.5) is 0 Å². The monoisotopic (exact) mass is 450 g/mol. The molecule has 0 spiro atoms. The highest BCUT2D eigenvalue weighted by atomic mass is 16.5. The van der Waals surface area contributed by atoms with Crippen LogP contribution in [0, 0.1) is 13.8 Å². The summed E-state index contributed by atoms with van der Waals surface area (Å²) in [5.74, 6) is 0.483. The number of benzene rings is 2. The van der Waals surface area contributed by atoms with Gasteiger partial charge in [0, 0.05) is 12.6 Å². The molecule has 3 rings (SSSR count). The molecule has 1 atom stereocenters. The largest absolute Gasteiger partial charge is 0.484 e. The van der Waals surface area contributed by atoms with Crippen LogP contribution in [-0.4, -0.2) is 41.9 Å². The first kappa shape index (κ1) is 24.8. The molecule has 0 aliphatic heterocycles. The topological polar surface area (TPSA) is 58.6 Å². The molecular weight excluding hydrogens is 412 g/mol. The molecule has 0 bridgehead atoms. The minimum Gasteiger partial charge on any atom is -0.484 e. The second kappa shape index (κ2) is 12.4. The molecule has 1 fully saturated rings. The lowest BCUT2D eigenvalue weighted by molar-refractivity contribution is -0.142. The number of hydrogen-bond donors (Lipinski definition) is 1. The quantitative estimate of drug-likeness (QED) is 0.555. The first-order chi connectivity index (χ1) is 16.0. The third-order valence-corrected chi connectivity index (χ3v) is 6.38. The normalized spacial score (nSPS) is 15.0. The van der Waals surface area contributed by atoms with Gasteiger partial charge in [-0.3, -0.25) is 9.59 Å². The van der Waals surface area contributed by atoms with Gasteiger partial charge in [0.2, 0.25) is 5.91 Å². The van der Waals surface area contributed by atoms with Gasteiger partial charge in [0.05, 0.1) is 0 Å². The Hall–Kier alpha value is -2.82. The molecule has 2 aromatic rings. The van der Waals surface area contributed by atoms with E-state index in [0.29, 0.717) is 25.1 Å². The predicted octanol–water partition coefficient (Wildman–Crippen LogP) is 4.98. The van der Waals surface area contributed by atoms with Crippen molar-refractivity contribution in [1.82, 2.24) is 10.2 Å². The number of rotatable bonds is 10. The standard InChI is InChI=1S/C28H38N2O3/c1-4-26(28(32)29-24-13-9-6-10-14-24)30(16-15-23-11-7-5-8-12-23)27(31)20-33-25-18-21(2)17-22(3)19-25/h5,7-8,11-12,17-19,24,26H,4,6,9-10,13-16,20H2,1-3H3,(H,29,32). The fourth-order valence-corrected chi connectivity index (χ4v) is 4.68. The average Bonchev–Trinajstić information content (AvgIpc) is 2.81. The molecule has 1 aliphatic carbocycles. The van der Waals surface area contributed by atoms with Crippen molar-refractivity contribution in [2.24, 2.45) is 0 Å². The van der Waals surface area contributed by atoms with Crippen LogP contribution in [0.25, 0.3) is 0 Å². The SMILES string of the molecule is CCC(C(=O)NC1CCCCC1)N(CCc1ccccc1)C(=O)COc1cc(C)cc(C)c1. The molecule has 2 aromatic carbocycles. The average molecular weight is 451 g/mol. The van der Waals surface area contributed by atoms with Crippen LogP contribution >= 0.6 is 0 Å². The van der Waals surface area contributed by atoms with Crippen LogP contribution in [0.2, 0.25) is 0 Å². The first-order valence-electron chi connectivity index (χ1n) is 12.3. The molecule has 1 saturated carbocycles. The van der Waals surface area contributed by atoms with Crippen molar-refractivity contribution < 1.29 is 14.3 Å². The number of nitrogens with zero attached hydrogens (tertiary/aromatic N) is 1. The molecule has 0 aromatic heterocycles. The summed E-state index contributed by atoms with van der Waals surface area (Å²) in [6.45, 7) is 6.40. The van der Waals surface area contributed by atoms with Crippen molar-refractivity contribution in [2.45, 2.75) is 77.8 Å². The lowest BCUT2D eigenvalue weighted by atomic mass is 9.95. The highest BCUT2D eigenvalue weighted by molar-refractivity contribution is 5.88. The molecule has 1 N–H and O–H groups in total. The molecule has 5 heteroatoms. The van der Waals surface area contributed by atoms with E-state index in [0.717, 1.165) is 42.4 Å². The Morgan fingerprint density at radius 2 is 1.70 bits per heavy atom. The summed E-state index contributed by atoms with van der Waals surface area (Å²) in [6, 6.07) is 15.7. The lowest BCUT2D eigenvalue weighted by Gasteiger charge is -2.32. The van der Waals surface area contributed by atoms with Gasteiger partial charge in [-0.2, -0.15) is 0 Å². The Morgan fingerprint density at radius 1 is 1.03 bits per heavy atom. The van der Waals surface area contributed by atoms with Crippen molar-refractivity contribution in [3.63, 3.8) is 0 Å². The molecule has 0 heterocycles. The third-order valence-electron chi connectivity index (χ3n) is 6.38. The van der Waals surface area contributed by atoms with E-state index >= 15 is 0 Å². The Balaban J connectivity index is 1.71. The molecule has 0 radical (unpaired) electrons. The Kier molecular flexibility index (Phi) is 9.35. The maximum atomic E-state index is 13.3. The van der Waals surface area contributed by atoms with Crippen LogP contribution in [0.5, 0.6) is 5.75 Å². The molecule has 0 saturated heterocycles. The summed E-state index contributed by atoms with van der Waals surface area (Å²) < 4.78 is 5.86. The number of nitrogens with one attached hydrogen (secondary N) is 1. The highest BCUT2D eigenvalue weighted by Gasteiger charge is 2.30. The van der Waals surface area contributed by atoms with E-state index in [1.54, 1.807) is 4.90 Å². The van der Waals surface area contributed by atoms with Crippen LogP contribution in [0.15, 0.2) is 48.5 Å². The fraction of sp³-hybridized carbons (Fsp3) is 0.500. The molecular formula is C28H38N2O3. The van der Waals surface area contributed by atoms with Gasteiger partial charge in [-0.05, 0) is 68.4 Å². The maximum absolute atomic E-state index is 13.3. The Morgan fingerprint density at radius 3 is 2.33 bits per heavy atom. The van der Waals surface area contributed by atoms with Crippen molar-refractivity contribution in [1.29, 1.82) is 0 Å². The summed E-state index contributed by atoms with van der Waals surface area (Å²) in [5.41, 5.74) is 3.33. The molecule has 33 heavy (non-hydrogen) atoms. The van der Waals surface area contributed by atoms with E-state index < -0.39 is 6.04 Å². The number of carbonyl (C=O) groups excluding carboxylic acids is 2. The molecule has 1 aliphatic rings. The van der Waals surface area contributed by atoms with Crippen molar-refractivity contribution in [3.05, 3.63) is 65.2 Å². The summed E-state index contributed by atoms with van der Waals surface area (Å²) in [4.78, 5) is 28.3. The lowest BCUT2D eigenvalue weighted by Crippen LogP contribution is -2.53. The highest BCUT2D eigenvalue weighted by Crippen LogP contribution is 2.19. The summed E-state index contributed by atoms with van der Waals surface area (Å²) >= 11 is 0. The van der Waals surface area contributed by atoms with Crippen molar-refractivity contribution >= 4 is 11.8 Å². The molecule has 178 valence electrons. The Labute approximate surface area is 198 Å². The van der Waals surface area contributed by atoms with Gasteiger partial charge in [0.1, 0.15) is 11.8 Å². The smallest absolute Gasteiger partial charge is 0.261 e. The summed E-state index contributed by atoms with van der Waals surface area (Å²) in [5, 5.41) is 3.22. The van der Waals surface area contributed by atoms with Crippen LogP contribution < -0.4 is 10.1 Å². The number of aryl methyl sites for hydroxylation is 2. The minimum atomic E-state index is -0.494. The van der Waals surface area contributed by atoms with E-state index in [-0.39, 0.29) is 24.5 Å². The maximum Gasteiger partial charge on any atom is 0.261 e. The molecule has 5 nitrogen and oxygen atoms in total. The van der Waals surface area contributed by atoms with E-state index in [9.17, 15) is 9.59 Å². The second-order valence-corrected chi connectivity index (χ2v) is 9.20. The van der Waals surface area contributed by atoms with E-state index in [1.165, 1.54) is 6.42 Å². The van der Waals surface area contributed by atoms with Gasteiger partial charge in [-0.1, -0.05) is 62.6 Å². The zero-order valence-electron chi connectivity index (χ0n) is 20.3. The Bertz CT molecular complexity index is 886. The zero-order chi connectivity index (χ0) is 23.6.